The van der Waals surface area contributed by atoms with Crippen molar-refractivity contribution in [1.82, 2.24) is 0 Å². The van der Waals surface area contributed by atoms with Gasteiger partial charge in [0.05, 0.1) is 21.6 Å². The van der Waals surface area contributed by atoms with Crippen LogP contribution in [0.5, 0.6) is 0 Å². The van der Waals surface area contributed by atoms with Gasteiger partial charge in [0.2, 0.25) is 0 Å². The summed E-state index contributed by atoms with van der Waals surface area (Å²) < 4.78 is 50.3. The monoisotopic (exact) mass is 504 g/mol. The van der Waals surface area contributed by atoms with Crippen LogP contribution >= 0.6 is 0 Å². The predicted octanol–water partition coefficient (Wildman–Crippen LogP) is -1.88. The molecule has 0 atom stereocenters. The van der Waals surface area contributed by atoms with Gasteiger partial charge in [-0.05, 0) is 12.1 Å². The van der Waals surface area contributed by atoms with E-state index in [2.05, 4.69) is 9.44 Å². The fourth-order valence-corrected chi connectivity index (χ4v) is 4.35. The summed E-state index contributed by atoms with van der Waals surface area (Å²) in [5.41, 5.74) is 0.329. The average molecular weight is 506 g/mol. The number of nitrogens with zero attached hydrogens (tertiary/aromatic N) is 2. The third-order valence-electron chi connectivity index (χ3n) is 3.20. The van der Waals surface area contributed by atoms with Crippen LogP contribution < -0.4 is 0 Å². The Kier molecular flexibility index (Phi) is 12.0. The van der Waals surface area contributed by atoms with Crippen LogP contribution in [-0.4, -0.2) is 28.6 Å². The van der Waals surface area contributed by atoms with Gasteiger partial charge in [-0.25, -0.2) is 16.8 Å². The summed E-state index contributed by atoms with van der Waals surface area (Å²) in [6.07, 6.45) is 0. The van der Waals surface area contributed by atoms with Crippen molar-refractivity contribution in [3.05, 3.63) is 69.1 Å². The molecule has 0 aliphatic carbocycles. The zero-order valence-electron chi connectivity index (χ0n) is 14.8. The molecule has 15 heteroatoms. The molecule has 2 aromatic carbocycles. The third kappa shape index (κ3) is 5.87. The Hall–Kier alpha value is -2.26. The average Bonchev–Trinajstić information content (AvgIpc) is 2.91. The molecule has 29 heavy (non-hydrogen) atoms. The summed E-state index contributed by atoms with van der Waals surface area (Å²) in [6, 6.07) is 12.0. The number of hydrogen-bond acceptors (Lipinski definition) is 6. The van der Waals surface area contributed by atoms with Crippen LogP contribution in [0.1, 0.15) is 20.7 Å². The Morgan fingerprint density at radius 3 is 1.10 bits per heavy atom. The quantitative estimate of drug-likeness (QED) is 0.291. The Labute approximate surface area is 178 Å². The van der Waals surface area contributed by atoms with Crippen LogP contribution in [0, 0.1) is 0 Å². The molecule has 0 bridgehead atoms. The van der Waals surface area contributed by atoms with E-state index in [0.29, 0.717) is 0 Å². The van der Waals surface area contributed by atoms with Gasteiger partial charge in [-0.1, -0.05) is 36.4 Å². The van der Waals surface area contributed by atoms with E-state index in [1.807, 2.05) is 0 Å². The van der Waals surface area contributed by atoms with Gasteiger partial charge >= 0.3 is 19.5 Å². The van der Waals surface area contributed by atoms with E-state index in [0.717, 1.165) is 0 Å². The van der Waals surface area contributed by atoms with Gasteiger partial charge in [-0.2, -0.15) is 0 Å². The van der Waals surface area contributed by atoms with Gasteiger partial charge in [0, 0.05) is 11.1 Å². The third-order valence-corrected chi connectivity index (χ3v) is 5.83. The number of benzene rings is 2. The first-order valence-corrected chi connectivity index (χ1v) is 9.33. The summed E-state index contributed by atoms with van der Waals surface area (Å²) >= 11 is 0. The van der Waals surface area contributed by atoms with E-state index in [4.69, 9.17) is 0 Å². The molecule has 156 valence electrons. The van der Waals surface area contributed by atoms with E-state index in [-0.39, 0.29) is 62.3 Å². The molecule has 0 saturated carbocycles. The summed E-state index contributed by atoms with van der Waals surface area (Å²) in [4.78, 5) is 21.9. The fraction of sp³-hybridized carbons (Fsp3) is 0. The number of hydrogen-bond donors (Lipinski definition) is 0. The summed E-state index contributed by atoms with van der Waals surface area (Å²) in [5.74, 6) is -1.35. The first kappa shape index (κ1) is 31.4. The predicted molar refractivity (Wildman–Crippen MR) is 102 cm³/mol. The van der Waals surface area contributed by atoms with Crippen molar-refractivity contribution in [3.8, 4) is 0 Å². The van der Waals surface area contributed by atoms with Crippen LogP contribution in [-0.2, 0) is 61.4 Å². The molecule has 4 rings (SSSR count). The van der Waals surface area contributed by atoms with E-state index in [1.54, 1.807) is 24.3 Å². The molecule has 0 fully saturated rings. The summed E-state index contributed by atoms with van der Waals surface area (Å²) in [5, 5.41) is 0. The number of fused-ring (bicyclic) bond motifs is 2. The molecule has 2 amide bonds. The van der Waals surface area contributed by atoms with Crippen molar-refractivity contribution in [3.63, 3.8) is 0 Å². The second-order valence-electron chi connectivity index (χ2n) is 4.74. The van der Waals surface area contributed by atoms with Crippen molar-refractivity contribution in [1.29, 1.82) is 0 Å². The first-order valence-electron chi connectivity index (χ1n) is 6.45. The van der Waals surface area contributed by atoms with Crippen molar-refractivity contribution in [2.24, 2.45) is 0 Å². The molecule has 0 spiro atoms. The minimum absolute atomic E-state index is 0. The summed E-state index contributed by atoms with van der Waals surface area (Å²) in [6.45, 7) is 0. The molecular formula is C14H20N2O10S2Zn+4. The molecule has 12 nitrogen and oxygen atoms in total. The van der Waals surface area contributed by atoms with Crippen LogP contribution in [0.25, 0.3) is 9.44 Å². The smallest absolute Gasteiger partial charge is 0.537 e. The van der Waals surface area contributed by atoms with Gasteiger partial charge in [-0.3, -0.25) is 0 Å². The maximum absolute atomic E-state index is 11.1. The molecule has 0 saturated heterocycles. The number of carbonyl (C=O) groups excluding carboxylic acids is 2. The van der Waals surface area contributed by atoms with Crippen LogP contribution in [0.2, 0.25) is 0 Å². The van der Waals surface area contributed by atoms with Gasteiger partial charge in [-0.15, -0.1) is 0 Å². The van der Waals surface area contributed by atoms with Gasteiger partial charge in [0.25, 0.3) is 0 Å². The largest absolute Gasteiger partial charge is 2.00 e. The van der Waals surface area contributed by atoms with Crippen molar-refractivity contribution >= 4 is 31.9 Å². The second kappa shape index (κ2) is 11.1. The zero-order valence-corrected chi connectivity index (χ0v) is 19.4. The molecule has 2 heterocycles. The van der Waals surface area contributed by atoms with Gasteiger partial charge in [0.15, 0.2) is 0 Å². The Bertz CT molecular complexity index is 1000. The van der Waals surface area contributed by atoms with E-state index in [1.165, 1.54) is 24.3 Å². The Morgan fingerprint density at radius 1 is 0.552 bits per heavy atom. The normalized spacial score (nSPS) is 15.3. The molecule has 2 aromatic rings. The van der Waals surface area contributed by atoms with E-state index >= 15 is 0 Å². The molecule has 12 N–H and O–H groups in total. The van der Waals surface area contributed by atoms with Crippen molar-refractivity contribution < 1.29 is 67.8 Å². The molecule has 0 radical (unpaired) electrons. The van der Waals surface area contributed by atoms with Crippen LogP contribution in [0.15, 0.2) is 58.3 Å². The molecule has 0 unspecified atom stereocenters. The van der Waals surface area contributed by atoms with Crippen LogP contribution in [0.3, 0.4) is 0 Å². The van der Waals surface area contributed by atoms with Gasteiger partial charge in [0.1, 0.15) is 20.0 Å². The Balaban J connectivity index is -0.000000398. The van der Waals surface area contributed by atoms with E-state index < -0.39 is 31.9 Å². The topological polar surface area (TPSA) is 263 Å². The number of sulfonamides is 2. The van der Waals surface area contributed by atoms with E-state index in [9.17, 15) is 26.4 Å². The van der Waals surface area contributed by atoms with Crippen LogP contribution in [0.4, 0.5) is 0 Å². The zero-order chi connectivity index (χ0) is 17.5. The minimum atomic E-state index is -3.68. The first-order chi connectivity index (χ1) is 11.2. The SMILES string of the molecule is O=C1[N-]S(=O)(=O)c2ccccc21.O=C1[N-]S(=O)(=O)c2ccccc21.[OH3+].[OH3+].[OH3+].[OH3+].[Zn+2]. The maximum Gasteiger partial charge on any atom is 2.00 e. The number of rotatable bonds is 0. The van der Waals surface area contributed by atoms with Crippen molar-refractivity contribution in [2.75, 3.05) is 0 Å². The fourth-order valence-electron chi connectivity index (χ4n) is 2.15. The number of amides is 2. The van der Waals surface area contributed by atoms with Crippen molar-refractivity contribution in [2.45, 2.75) is 9.79 Å². The summed E-state index contributed by atoms with van der Waals surface area (Å²) in [7, 11) is -7.36. The molecular weight excluding hydrogens is 486 g/mol. The Morgan fingerprint density at radius 2 is 0.828 bits per heavy atom. The molecule has 2 aliphatic heterocycles. The second-order valence-corrected chi connectivity index (χ2v) is 7.88. The standard InChI is InChI=1S/2C7H5NO3S.4H2O.Zn/c2*9-7-5-3-1-2-4-6(5)12(10,11)8-7;;;;;/h2*1-4H,(H,8,9);4*1H2;/q;;;;;;+2/p+2. The number of carbonyl (C=O) groups is 2. The molecule has 0 aromatic heterocycles. The maximum atomic E-state index is 11.1. The minimum Gasteiger partial charge on any atom is -0.537 e. The molecule has 2 aliphatic rings. The van der Waals surface area contributed by atoms with Gasteiger partial charge < -0.3 is 40.9 Å².